The molecule has 0 atom stereocenters. The number of nitriles is 1. The van der Waals surface area contributed by atoms with Gasteiger partial charge in [0.05, 0.1) is 12.7 Å². The SMILES string of the molecule is COc1cc(C)c2c(c1)C(C#N)=C(O)CC2. The van der Waals surface area contributed by atoms with Crippen molar-refractivity contribution in [3.8, 4) is 11.8 Å². The van der Waals surface area contributed by atoms with Gasteiger partial charge >= 0.3 is 0 Å². The minimum absolute atomic E-state index is 0.183. The Labute approximate surface area is 94.6 Å². The average Bonchev–Trinajstić information content (AvgIpc) is 2.28. The smallest absolute Gasteiger partial charge is 0.119 e. The van der Waals surface area contributed by atoms with E-state index < -0.39 is 0 Å². The van der Waals surface area contributed by atoms with Crippen molar-refractivity contribution in [3.05, 3.63) is 34.6 Å². The number of nitrogens with zero attached hydrogens (tertiary/aromatic N) is 1. The minimum Gasteiger partial charge on any atom is -0.511 e. The summed E-state index contributed by atoms with van der Waals surface area (Å²) in [6.07, 6.45) is 1.32. The van der Waals surface area contributed by atoms with E-state index in [1.165, 1.54) is 0 Å². The fraction of sp³-hybridized carbons (Fsp3) is 0.308. The first-order valence-electron chi connectivity index (χ1n) is 5.17. The van der Waals surface area contributed by atoms with Crippen molar-refractivity contribution >= 4 is 5.57 Å². The number of allylic oxidation sites excluding steroid dienone is 2. The number of aryl methyl sites for hydroxylation is 1. The summed E-state index contributed by atoms with van der Waals surface area (Å²) in [7, 11) is 1.60. The highest BCUT2D eigenvalue weighted by Crippen LogP contribution is 2.34. The molecule has 0 radical (unpaired) electrons. The second-order valence-corrected chi connectivity index (χ2v) is 3.90. The highest BCUT2D eigenvalue weighted by atomic mass is 16.5. The maximum absolute atomic E-state index is 9.69. The molecule has 16 heavy (non-hydrogen) atoms. The molecule has 0 saturated carbocycles. The van der Waals surface area contributed by atoms with Crippen LogP contribution in [0.5, 0.6) is 5.75 Å². The predicted molar refractivity (Wildman–Crippen MR) is 61.2 cm³/mol. The molecule has 0 unspecified atom stereocenters. The van der Waals surface area contributed by atoms with Gasteiger partial charge in [0.25, 0.3) is 0 Å². The Balaban J connectivity index is 2.68. The second-order valence-electron chi connectivity index (χ2n) is 3.90. The Morgan fingerprint density at radius 3 is 2.75 bits per heavy atom. The van der Waals surface area contributed by atoms with Crippen molar-refractivity contribution in [3.63, 3.8) is 0 Å². The van der Waals surface area contributed by atoms with Gasteiger partial charge in [-0.25, -0.2) is 0 Å². The van der Waals surface area contributed by atoms with Crippen LogP contribution in [0, 0.1) is 18.3 Å². The minimum atomic E-state index is 0.183. The summed E-state index contributed by atoms with van der Waals surface area (Å²) in [5.41, 5.74) is 3.43. The number of methoxy groups -OCH3 is 1. The summed E-state index contributed by atoms with van der Waals surface area (Å²) in [6, 6.07) is 5.83. The van der Waals surface area contributed by atoms with E-state index in [4.69, 9.17) is 10.00 Å². The van der Waals surface area contributed by atoms with Crippen LogP contribution in [0.4, 0.5) is 0 Å². The molecule has 0 saturated heterocycles. The summed E-state index contributed by atoms with van der Waals surface area (Å²) in [4.78, 5) is 0. The van der Waals surface area contributed by atoms with Gasteiger partial charge in [0.2, 0.25) is 0 Å². The third-order valence-corrected chi connectivity index (χ3v) is 2.96. The number of ether oxygens (including phenoxy) is 1. The lowest BCUT2D eigenvalue weighted by Crippen LogP contribution is -2.06. The highest BCUT2D eigenvalue weighted by molar-refractivity contribution is 5.82. The molecular weight excluding hydrogens is 202 g/mol. The van der Waals surface area contributed by atoms with Crippen LogP contribution in [0.1, 0.15) is 23.1 Å². The molecule has 1 aliphatic carbocycles. The van der Waals surface area contributed by atoms with Crippen molar-refractivity contribution in [2.75, 3.05) is 7.11 Å². The number of rotatable bonds is 1. The van der Waals surface area contributed by atoms with Gasteiger partial charge in [0.15, 0.2) is 0 Å². The molecule has 1 N–H and O–H groups in total. The van der Waals surface area contributed by atoms with Gasteiger partial charge in [-0.15, -0.1) is 0 Å². The van der Waals surface area contributed by atoms with E-state index in [9.17, 15) is 5.11 Å². The Morgan fingerprint density at radius 2 is 2.12 bits per heavy atom. The van der Waals surface area contributed by atoms with Gasteiger partial charge in [0, 0.05) is 12.0 Å². The highest BCUT2D eigenvalue weighted by Gasteiger charge is 2.20. The second kappa shape index (κ2) is 3.90. The van der Waals surface area contributed by atoms with Crippen LogP contribution in [-0.4, -0.2) is 12.2 Å². The number of fused-ring (bicyclic) bond motifs is 1. The monoisotopic (exact) mass is 215 g/mol. The van der Waals surface area contributed by atoms with Crippen LogP contribution in [0.15, 0.2) is 17.9 Å². The number of aliphatic hydroxyl groups excluding tert-OH is 1. The number of benzene rings is 1. The lowest BCUT2D eigenvalue weighted by Gasteiger charge is -2.19. The van der Waals surface area contributed by atoms with Crippen molar-refractivity contribution in [2.24, 2.45) is 0 Å². The van der Waals surface area contributed by atoms with Crippen LogP contribution in [0.3, 0.4) is 0 Å². The van der Waals surface area contributed by atoms with E-state index in [1.807, 2.05) is 19.1 Å². The first-order valence-corrected chi connectivity index (χ1v) is 5.17. The van der Waals surface area contributed by atoms with Gasteiger partial charge < -0.3 is 9.84 Å². The number of hydrogen-bond acceptors (Lipinski definition) is 3. The zero-order chi connectivity index (χ0) is 11.7. The summed E-state index contributed by atoms with van der Waals surface area (Å²) in [5.74, 6) is 0.904. The molecule has 1 aliphatic rings. The molecule has 2 rings (SSSR count). The number of aliphatic hydroxyl groups is 1. The van der Waals surface area contributed by atoms with Crippen LogP contribution in [0.2, 0.25) is 0 Å². The van der Waals surface area contributed by atoms with E-state index in [1.54, 1.807) is 7.11 Å². The van der Waals surface area contributed by atoms with Gasteiger partial charge in [-0.3, -0.25) is 0 Å². The standard InChI is InChI=1S/C13H13NO2/c1-8-5-9(16-2)6-11-10(8)3-4-13(15)12(11)7-14/h5-6,15H,3-4H2,1-2H3. The zero-order valence-corrected chi connectivity index (χ0v) is 9.37. The average molecular weight is 215 g/mol. The lowest BCUT2D eigenvalue weighted by atomic mass is 9.87. The van der Waals surface area contributed by atoms with Crippen molar-refractivity contribution < 1.29 is 9.84 Å². The van der Waals surface area contributed by atoms with Gasteiger partial charge in [0.1, 0.15) is 17.6 Å². The fourth-order valence-corrected chi connectivity index (χ4v) is 2.11. The van der Waals surface area contributed by atoms with Crippen LogP contribution in [0.25, 0.3) is 5.57 Å². The van der Waals surface area contributed by atoms with E-state index in [-0.39, 0.29) is 5.76 Å². The predicted octanol–water partition coefficient (Wildman–Crippen LogP) is 2.74. The van der Waals surface area contributed by atoms with Crippen molar-refractivity contribution in [2.45, 2.75) is 19.8 Å². The summed E-state index contributed by atoms with van der Waals surface area (Å²) in [5, 5.41) is 18.7. The van der Waals surface area contributed by atoms with Crippen molar-refractivity contribution in [1.29, 1.82) is 5.26 Å². The van der Waals surface area contributed by atoms with Crippen LogP contribution in [-0.2, 0) is 6.42 Å². The fourth-order valence-electron chi connectivity index (χ4n) is 2.11. The normalized spacial score (nSPS) is 14.3. The third-order valence-electron chi connectivity index (χ3n) is 2.96. The Kier molecular flexibility index (Phi) is 2.57. The first kappa shape index (κ1) is 10.6. The third kappa shape index (κ3) is 1.53. The molecule has 0 aliphatic heterocycles. The molecular formula is C13H13NO2. The molecule has 0 bridgehead atoms. The topological polar surface area (TPSA) is 53.2 Å². The molecule has 1 aromatic carbocycles. The van der Waals surface area contributed by atoms with Gasteiger partial charge in [-0.2, -0.15) is 5.26 Å². The summed E-state index contributed by atoms with van der Waals surface area (Å²) < 4.78 is 5.18. The van der Waals surface area contributed by atoms with E-state index in [2.05, 4.69) is 6.07 Å². The molecule has 0 fully saturated rings. The van der Waals surface area contributed by atoms with Gasteiger partial charge in [-0.1, -0.05) is 0 Å². The quantitative estimate of drug-likeness (QED) is 0.783. The first-order chi connectivity index (χ1) is 7.67. The lowest BCUT2D eigenvalue weighted by molar-refractivity contribution is 0.388. The Bertz CT molecular complexity index is 509. The zero-order valence-electron chi connectivity index (χ0n) is 9.37. The maximum Gasteiger partial charge on any atom is 0.119 e. The Morgan fingerprint density at radius 1 is 1.38 bits per heavy atom. The molecule has 0 amide bonds. The van der Waals surface area contributed by atoms with Crippen LogP contribution < -0.4 is 4.74 Å². The molecule has 3 nitrogen and oxygen atoms in total. The van der Waals surface area contributed by atoms with Crippen molar-refractivity contribution in [1.82, 2.24) is 0 Å². The van der Waals surface area contributed by atoms with E-state index >= 15 is 0 Å². The Hall–Kier alpha value is -1.95. The summed E-state index contributed by atoms with van der Waals surface area (Å²) >= 11 is 0. The molecule has 0 heterocycles. The van der Waals surface area contributed by atoms with Gasteiger partial charge in [-0.05, 0) is 36.6 Å². The number of hydrogen-bond donors (Lipinski definition) is 1. The van der Waals surface area contributed by atoms with E-state index in [0.29, 0.717) is 12.0 Å². The molecule has 0 aromatic heterocycles. The van der Waals surface area contributed by atoms with E-state index in [0.717, 1.165) is 28.9 Å². The largest absolute Gasteiger partial charge is 0.511 e. The molecule has 0 spiro atoms. The molecule has 1 aromatic rings. The maximum atomic E-state index is 9.69. The summed E-state index contributed by atoms with van der Waals surface area (Å²) in [6.45, 7) is 2.00. The molecule has 3 heteroatoms. The molecule has 82 valence electrons. The van der Waals surface area contributed by atoms with Crippen LogP contribution >= 0.6 is 0 Å².